The van der Waals surface area contributed by atoms with Crippen LogP contribution in [0.5, 0.6) is 0 Å². The van der Waals surface area contributed by atoms with Gasteiger partial charge in [0, 0.05) is 30.8 Å². The van der Waals surface area contributed by atoms with Gasteiger partial charge in [-0.15, -0.1) is 0 Å². The molecule has 0 aliphatic heterocycles. The molecule has 0 bridgehead atoms. The van der Waals surface area contributed by atoms with E-state index in [2.05, 4.69) is 21.5 Å². The molecule has 1 N–H and O–H groups in total. The average molecular weight is 272 g/mol. The first-order chi connectivity index (χ1) is 9.61. The molecule has 5 nitrogen and oxygen atoms in total. The number of hydrogen-bond acceptors (Lipinski definition) is 3. The lowest BCUT2D eigenvalue weighted by Crippen LogP contribution is -2.32. The number of nitrogens with zero attached hydrogens (tertiary/aromatic N) is 3. The summed E-state index contributed by atoms with van der Waals surface area (Å²) in [4.78, 5) is 16.5. The monoisotopic (exact) mass is 272 g/mol. The van der Waals surface area contributed by atoms with Gasteiger partial charge in [-0.3, -0.25) is 14.5 Å². The van der Waals surface area contributed by atoms with Crippen molar-refractivity contribution < 1.29 is 4.79 Å². The second-order valence-corrected chi connectivity index (χ2v) is 4.87. The first kappa shape index (κ1) is 14.2. The molecule has 2 heterocycles. The van der Waals surface area contributed by atoms with E-state index in [0.29, 0.717) is 13.0 Å². The Labute approximate surface area is 119 Å². The van der Waals surface area contributed by atoms with E-state index in [0.717, 1.165) is 16.8 Å². The highest BCUT2D eigenvalue weighted by Gasteiger charge is 2.18. The number of rotatable bonds is 5. The second-order valence-electron chi connectivity index (χ2n) is 4.87. The van der Waals surface area contributed by atoms with Crippen LogP contribution in [0.2, 0.25) is 0 Å². The van der Waals surface area contributed by atoms with Gasteiger partial charge in [0.25, 0.3) is 0 Å². The van der Waals surface area contributed by atoms with Gasteiger partial charge in [0.05, 0.1) is 0 Å². The number of hydrogen-bond donors (Lipinski definition) is 1. The quantitative estimate of drug-likeness (QED) is 0.907. The molecule has 0 aromatic carbocycles. The number of amides is 1. The zero-order valence-corrected chi connectivity index (χ0v) is 12.1. The number of aryl methyl sites for hydroxylation is 2. The minimum atomic E-state index is -0.260. The van der Waals surface area contributed by atoms with E-state index < -0.39 is 0 Å². The SMILES string of the molecule is CC[C@@H](C(=O)NCc1cnc(C)c(C)c1)n1cccn1. The van der Waals surface area contributed by atoms with E-state index in [4.69, 9.17) is 0 Å². The lowest BCUT2D eigenvalue weighted by atomic mass is 10.1. The zero-order chi connectivity index (χ0) is 14.5. The van der Waals surface area contributed by atoms with Gasteiger partial charge in [-0.2, -0.15) is 5.10 Å². The minimum Gasteiger partial charge on any atom is -0.350 e. The fraction of sp³-hybridized carbons (Fsp3) is 0.400. The standard InChI is InChI=1S/C15H20N4O/c1-4-14(19-7-5-6-18-19)15(20)17-10-13-8-11(2)12(3)16-9-13/h5-9,14H,4,10H2,1-3H3,(H,17,20)/t14-/m0/s1. The van der Waals surface area contributed by atoms with E-state index in [1.54, 1.807) is 17.1 Å². The summed E-state index contributed by atoms with van der Waals surface area (Å²) in [7, 11) is 0. The maximum atomic E-state index is 12.2. The van der Waals surface area contributed by atoms with Gasteiger partial charge >= 0.3 is 0 Å². The maximum absolute atomic E-state index is 12.2. The summed E-state index contributed by atoms with van der Waals surface area (Å²) in [5, 5.41) is 7.08. The highest BCUT2D eigenvalue weighted by atomic mass is 16.2. The van der Waals surface area contributed by atoms with Crippen molar-refractivity contribution >= 4 is 5.91 Å². The highest BCUT2D eigenvalue weighted by Crippen LogP contribution is 2.11. The van der Waals surface area contributed by atoms with E-state index >= 15 is 0 Å². The van der Waals surface area contributed by atoms with Crippen molar-refractivity contribution in [1.82, 2.24) is 20.1 Å². The molecule has 2 aromatic heterocycles. The minimum absolute atomic E-state index is 0.0190. The average Bonchev–Trinajstić information content (AvgIpc) is 2.95. The predicted molar refractivity (Wildman–Crippen MR) is 77.1 cm³/mol. The molecular formula is C15H20N4O. The molecule has 20 heavy (non-hydrogen) atoms. The molecule has 2 rings (SSSR count). The molecule has 5 heteroatoms. The van der Waals surface area contributed by atoms with E-state index in [9.17, 15) is 4.79 Å². The molecule has 1 atom stereocenters. The third-order valence-corrected chi connectivity index (χ3v) is 3.40. The molecule has 0 aliphatic rings. The van der Waals surface area contributed by atoms with E-state index in [1.165, 1.54) is 0 Å². The molecule has 2 aromatic rings. The molecule has 106 valence electrons. The van der Waals surface area contributed by atoms with Crippen LogP contribution in [-0.4, -0.2) is 20.7 Å². The molecule has 0 aliphatic carbocycles. The van der Waals surface area contributed by atoms with Gasteiger partial charge in [-0.25, -0.2) is 0 Å². The second kappa shape index (κ2) is 6.32. The first-order valence-corrected chi connectivity index (χ1v) is 6.80. The summed E-state index contributed by atoms with van der Waals surface area (Å²) in [5.74, 6) is -0.0190. The summed E-state index contributed by atoms with van der Waals surface area (Å²) in [6.45, 7) is 6.46. The Morgan fingerprint density at radius 2 is 2.25 bits per heavy atom. The van der Waals surface area contributed by atoms with Crippen molar-refractivity contribution in [3.05, 3.63) is 47.5 Å². The van der Waals surface area contributed by atoms with Gasteiger partial charge in [-0.1, -0.05) is 13.0 Å². The van der Waals surface area contributed by atoms with Crippen LogP contribution in [0, 0.1) is 13.8 Å². The summed E-state index contributed by atoms with van der Waals surface area (Å²) in [5.41, 5.74) is 3.16. The summed E-state index contributed by atoms with van der Waals surface area (Å²) in [6.07, 6.45) is 6.00. The van der Waals surface area contributed by atoms with Gasteiger partial charge in [0.2, 0.25) is 5.91 Å². The van der Waals surface area contributed by atoms with Crippen LogP contribution >= 0.6 is 0 Å². The van der Waals surface area contributed by atoms with Crippen LogP contribution in [0.3, 0.4) is 0 Å². The maximum Gasteiger partial charge on any atom is 0.245 e. The Kier molecular flexibility index (Phi) is 4.50. The normalized spacial score (nSPS) is 12.2. The smallest absolute Gasteiger partial charge is 0.245 e. The Balaban J connectivity index is 1.99. The van der Waals surface area contributed by atoms with Gasteiger partial charge in [-0.05, 0) is 37.5 Å². The highest BCUT2D eigenvalue weighted by molar-refractivity contribution is 5.80. The lowest BCUT2D eigenvalue weighted by Gasteiger charge is -2.15. The van der Waals surface area contributed by atoms with Crippen LogP contribution < -0.4 is 5.32 Å². The van der Waals surface area contributed by atoms with Crippen LogP contribution in [0.25, 0.3) is 0 Å². The van der Waals surface area contributed by atoms with Gasteiger partial charge in [0.15, 0.2) is 0 Å². The number of carbonyl (C=O) groups is 1. The Bertz CT molecular complexity index is 578. The van der Waals surface area contributed by atoms with Crippen molar-refractivity contribution in [3.8, 4) is 0 Å². The third kappa shape index (κ3) is 3.23. The fourth-order valence-electron chi connectivity index (χ4n) is 2.06. The molecule has 0 unspecified atom stereocenters. The number of carbonyl (C=O) groups excluding carboxylic acids is 1. The van der Waals surface area contributed by atoms with Crippen molar-refractivity contribution in [2.24, 2.45) is 0 Å². The third-order valence-electron chi connectivity index (χ3n) is 3.40. The molecule has 1 amide bonds. The Morgan fingerprint density at radius 3 is 2.85 bits per heavy atom. The van der Waals surface area contributed by atoms with Crippen molar-refractivity contribution in [3.63, 3.8) is 0 Å². The molecule has 0 spiro atoms. The molecular weight excluding hydrogens is 252 g/mol. The largest absolute Gasteiger partial charge is 0.350 e. The van der Waals surface area contributed by atoms with Crippen LogP contribution in [0.4, 0.5) is 0 Å². The number of nitrogens with one attached hydrogen (secondary N) is 1. The number of pyridine rings is 1. The van der Waals surface area contributed by atoms with Crippen molar-refractivity contribution in [2.45, 2.75) is 39.8 Å². The lowest BCUT2D eigenvalue weighted by molar-refractivity contribution is -0.124. The predicted octanol–water partition coefficient (Wildman–Crippen LogP) is 2.16. The summed E-state index contributed by atoms with van der Waals surface area (Å²) >= 11 is 0. The zero-order valence-electron chi connectivity index (χ0n) is 12.1. The van der Waals surface area contributed by atoms with E-state index in [-0.39, 0.29) is 11.9 Å². The fourth-order valence-corrected chi connectivity index (χ4v) is 2.06. The van der Waals surface area contributed by atoms with E-state index in [1.807, 2.05) is 33.0 Å². The molecule has 0 fully saturated rings. The van der Waals surface area contributed by atoms with Crippen LogP contribution in [0.15, 0.2) is 30.7 Å². The van der Waals surface area contributed by atoms with Gasteiger partial charge < -0.3 is 5.32 Å². The molecule has 0 saturated carbocycles. The summed E-state index contributed by atoms with van der Waals surface area (Å²) in [6, 6.07) is 3.62. The topological polar surface area (TPSA) is 59.8 Å². The van der Waals surface area contributed by atoms with Crippen molar-refractivity contribution in [1.29, 1.82) is 0 Å². The van der Waals surface area contributed by atoms with Gasteiger partial charge in [0.1, 0.15) is 6.04 Å². The Morgan fingerprint density at radius 1 is 1.45 bits per heavy atom. The first-order valence-electron chi connectivity index (χ1n) is 6.80. The van der Waals surface area contributed by atoms with Crippen molar-refractivity contribution in [2.75, 3.05) is 0 Å². The number of aromatic nitrogens is 3. The molecule has 0 radical (unpaired) electrons. The van der Waals surface area contributed by atoms with Crippen LogP contribution in [-0.2, 0) is 11.3 Å². The Hall–Kier alpha value is -2.17. The molecule has 0 saturated heterocycles. The summed E-state index contributed by atoms with van der Waals surface area (Å²) < 4.78 is 1.69. The van der Waals surface area contributed by atoms with Crippen LogP contribution in [0.1, 0.15) is 36.2 Å².